The van der Waals surface area contributed by atoms with Crippen molar-refractivity contribution in [2.75, 3.05) is 46.9 Å². The maximum Gasteiger partial charge on any atom is 0.406 e. The Labute approximate surface area is 158 Å². The third-order valence-electron chi connectivity index (χ3n) is 2.68. The summed E-state index contributed by atoms with van der Waals surface area (Å²) >= 11 is 0. The lowest BCUT2D eigenvalue weighted by atomic mass is 10.2. The lowest BCUT2D eigenvalue weighted by Gasteiger charge is -2.20. The minimum Gasteiger partial charge on any atom is -0.381 e. The van der Waals surface area contributed by atoms with Gasteiger partial charge in [0.25, 0.3) is 0 Å². The number of carbonyl (C=O) groups is 1. The van der Waals surface area contributed by atoms with Gasteiger partial charge in [-0.05, 0) is 12.3 Å². The van der Waals surface area contributed by atoms with Crippen LogP contribution in [0.15, 0.2) is 4.99 Å². The van der Waals surface area contributed by atoms with Gasteiger partial charge < -0.3 is 20.3 Å². The number of hydrogen-bond donors (Lipinski definition) is 2. The molecule has 0 aliphatic heterocycles. The number of halogens is 4. The van der Waals surface area contributed by atoms with Gasteiger partial charge in [0.1, 0.15) is 6.54 Å². The molecule has 0 bridgehead atoms. The fourth-order valence-corrected chi connectivity index (χ4v) is 1.57. The van der Waals surface area contributed by atoms with Crippen molar-refractivity contribution in [3.05, 3.63) is 0 Å². The molecule has 0 saturated heterocycles. The van der Waals surface area contributed by atoms with Crippen molar-refractivity contribution in [1.82, 2.24) is 15.5 Å². The monoisotopic (exact) mass is 468 g/mol. The van der Waals surface area contributed by atoms with E-state index in [-0.39, 0.29) is 30.5 Å². The van der Waals surface area contributed by atoms with E-state index < -0.39 is 18.6 Å². The van der Waals surface area contributed by atoms with E-state index in [4.69, 9.17) is 4.74 Å². The Balaban J connectivity index is 0. The third-order valence-corrected chi connectivity index (χ3v) is 2.68. The Morgan fingerprint density at radius 2 is 1.92 bits per heavy atom. The summed E-state index contributed by atoms with van der Waals surface area (Å²) in [4.78, 5) is 16.1. The molecule has 0 rings (SSSR count). The van der Waals surface area contributed by atoms with Crippen molar-refractivity contribution in [2.45, 2.75) is 26.4 Å². The summed E-state index contributed by atoms with van der Waals surface area (Å²) in [5, 5.41) is 5.65. The predicted molar refractivity (Wildman–Crippen MR) is 98.7 cm³/mol. The minimum absolute atomic E-state index is 0. The molecule has 0 aromatic heterocycles. The van der Waals surface area contributed by atoms with Crippen LogP contribution in [-0.2, 0) is 9.53 Å². The first-order valence-corrected chi connectivity index (χ1v) is 7.48. The fraction of sp³-hybridized carbons (Fsp3) is 0.857. The number of alkyl halides is 3. The molecule has 0 saturated carbocycles. The van der Waals surface area contributed by atoms with E-state index in [9.17, 15) is 18.0 Å². The first-order chi connectivity index (χ1) is 10.7. The van der Waals surface area contributed by atoms with Crippen LogP contribution in [0.1, 0.15) is 20.3 Å². The van der Waals surface area contributed by atoms with Crippen molar-refractivity contribution < 1.29 is 22.7 Å². The predicted octanol–water partition coefficient (Wildman–Crippen LogP) is 1.85. The Bertz CT molecular complexity index is 380. The van der Waals surface area contributed by atoms with Crippen molar-refractivity contribution in [1.29, 1.82) is 0 Å². The smallest absolute Gasteiger partial charge is 0.381 e. The highest BCUT2D eigenvalue weighted by molar-refractivity contribution is 14.0. The number of hydrogen-bond acceptors (Lipinski definition) is 3. The van der Waals surface area contributed by atoms with Gasteiger partial charge in [0.05, 0.1) is 6.54 Å². The molecule has 0 aromatic rings. The van der Waals surface area contributed by atoms with Crippen LogP contribution < -0.4 is 10.6 Å². The average Bonchev–Trinajstić information content (AvgIpc) is 2.43. The summed E-state index contributed by atoms with van der Waals surface area (Å²) in [5.41, 5.74) is 0. The molecule has 2 N–H and O–H groups in total. The van der Waals surface area contributed by atoms with Crippen molar-refractivity contribution >= 4 is 35.8 Å². The van der Waals surface area contributed by atoms with Crippen LogP contribution in [0.2, 0.25) is 0 Å². The summed E-state index contributed by atoms with van der Waals surface area (Å²) < 4.78 is 42.0. The molecule has 0 aliphatic carbocycles. The number of nitrogens with zero attached hydrogens (tertiary/aromatic N) is 2. The number of rotatable bonds is 9. The molecular formula is C14H28F3IN4O2. The second kappa shape index (κ2) is 13.5. The zero-order valence-corrected chi connectivity index (χ0v) is 16.9. The highest BCUT2D eigenvalue weighted by Crippen LogP contribution is 2.15. The lowest BCUT2D eigenvalue weighted by Crippen LogP contribution is -2.45. The molecule has 144 valence electrons. The number of amides is 1. The van der Waals surface area contributed by atoms with Gasteiger partial charge in [0, 0.05) is 33.9 Å². The largest absolute Gasteiger partial charge is 0.406 e. The molecule has 0 atom stereocenters. The number of guanidine groups is 1. The SMILES string of the molecule is CN=C(NCCCOCC(C)C)NCC(=O)N(C)CC(F)(F)F.I. The Morgan fingerprint density at radius 1 is 1.29 bits per heavy atom. The average molecular weight is 468 g/mol. The van der Waals surface area contributed by atoms with E-state index in [2.05, 4.69) is 29.5 Å². The van der Waals surface area contributed by atoms with E-state index in [0.717, 1.165) is 13.5 Å². The van der Waals surface area contributed by atoms with Gasteiger partial charge in [-0.15, -0.1) is 24.0 Å². The molecule has 6 nitrogen and oxygen atoms in total. The van der Waals surface area contributed by atoms with Gasteiger partial charge in [0.2, 0.25) is 5.91 Å². The minimum atomic E-state index is -4.40. The standard InChI is InChI=1S/C14H27F3N4O2.HI/c1-11(2)9-23-7-5-6-19-13(18-3)20-8-12(22)21(4)10-14(15,16)17;/h11H,5-10H2,1-4H3,(H2,18,19,20);1H. The summed E-state index contributed by atoms with van der Waals surface area (Å²) in [6, 6.07) is 0. The molecule has 0 fully saturated rings. The molecular weight excluding hydrogens is 440 g/mol. The van der Waals surface area contributed by atoms with E-state index in [0.29, 0.717) is 36.5 Å². The van der Waals surface area contributed by atoms with Crippen LogP contribution in [0.3, 0.4) is 0 Å². The number of ether oxygens (including phenoxy) is 1. The molecule has 24 heavy (non-hydrogen) atoms. The van der Waals surface area contributed by atoms with Crippen LogP contribution in [0, 0.1) is 5.92 Å². The van der Waals surface area contributed by atoms with Crippen LogP contribution in [0.4, 0.5) is 13.2 Å². The van der Waals surface area contributed by atoms with Crippen molar-refractivity contribution in [3.63, 3.8) is 0 Å². The van der Waals surface area contributed by atoms with E-state index in [1.54, 1.807) is 0 Å². The Hall–Kier alpha value is -0.780. The number of aliphatic imine (C=N–C) groups is 1. The molecule has 1 amide bonds. The Kier molecular flexibility index (Phi) is 14.3. The van der Waals surface area contributed by atoms with Crippen LogP contribution in [0.25, 0.3) is 0 Å². The van der Waals surface area contributed by atoms with E-state index in [1.807, 2.05) is 0 Å². The molecule has 10 heteroatoms. The normalized spacial score (nSPS) is 11.9. The molecule has 0 aromatic carbocycles. The summed E-state index contributed by atoms with van der Waals surface area (Å²) in [6.07, 6.45) is -3.64. The van der Waals surface area contributed by atoms with Gasteiger partial charge in [-0.1, -0.05) is 13.8 Å². The summed E-state index contributed by atoms with van der Waals surface area (Å²) in [6.45, 7) is 4.50. The van der Waals surface area contributed by atoms with Crippen LogP contribution in [0.5, 0.6) is 0 Å². The zero-order chi connectivity index (χ0) is 17.9. The number of carbonyl (C=O) groups excluding carboxylic acids is 1. The van der Waals surface area contributed by atoms with Crippen molar-refractivity contribution in [2.24, 2.45) is 10.9 Å². The summed E-state index contributed by atoms with van der Waals surface area (Å²) in [5.74, 6) is 0.185. The lowest BCUT2D eigenvalue weighted by molar-refractivity contribution is -0.157. The van der Waals surface area contributed by atoms with Crippen LogP contribution in [-0.4, -0.2) is 69.9 Å². The second-order valence-corrected chi connectivity index (χ2v) is 5.54. The maximum atomic E-state index is 12.2. The van der Waals surface area contributed by atoms with Gasteiger partial charge in [0.15, 0.2) is 5.96 Å². The first-order valence-electron chi connectivity index (χ1n) is 7.48. The van der Waals surface area contributed by atoms with Gasteiger partial charge in [-0.2, -0.15) is 13.2 Å². The molecule has 0 heterocycles. The van der Waals surface area contributed by atoms with Crippen molar-refractivity contribution in [3.8, 4) is 0 Å². The fourth-order valence-electron chi connectivity index (χ4n) is 1.57. The zero-order valence-electron chi connectivity index (χ0n) is 14.6. The van der Waals surface area contributed by atoms with Gasteiger partial charge >= 0.3 is 6.18 Å². The molecule has 0 aliphatic rings. The highest BCUT2D eigenvalue weighted by Gasteiger charge is 2.31. The first kappa shape index (κ1) is 25.5. The van der Waals surface area contributed by atoms with E-state index >= 15 is 0 Å². The van der Waals surface area contributed by atoms with Crippen LogP contribution >= 0.6 is 24.0 Å². The third kappa shape index (κ3) is 14.8. The Morgan fingerprint density at radius 3 is 2.42 bits per heavy atom. The molecule has 0 radical (unpaired) electrons. The second-order valence-electron chi connectivity index (χ2n) is 5.54. The van der Waals surface area contributed by atoms with Gasteiger partial charge in [-0.3, -0.25) is 9.79 Å². The molecule has 0 spiro atoms. The van der Waals surface area contributed by atoms with E-state index in [1.165, 1.54) is 7.05 Å². The highest BCUT2D eigenvalue weighted by atomic mass is 127. The topological polar surface area (TPSA) is 66.0 Å². The maximum absolute atomic E-state index is 12.2. The number of nitrogens with one attached hydrogen (secondary N) is 2. The number of likely N-dealkylation sites (N-methyl/N-ethyl adjacent to an activating group) is 1. The van der Waals surface area contributed by atoms with Gasteiger partial charge in [-0.25, -0.2) is 0 Å². The summed E-state index contributed by atoms with van der Waals surface area (Å²) in [7, 11) is 2.63. The quantitative estimate of drug-likeness (QED) is 0.235. The molecule has 0 unspecified atom stereocenters.